The molecule has 1 N–H and O–H groups in total. The van der Waals surface area contributed by atoms with Gasteiger partial charge >= 0.3 is 11.7 Å². The number of benzene rings is 3. The van der Waals surface area contributed by atoms with E-state index in [1.54, 1.807) is 16.9 Å². The lowest BCUT2D eigenvalue weighted by atomic mass is 9.89. The van der Waals surface area contributed by atoms with Crippen molar-refractivity contribution in [3.05, 3.63) is 122 Å². The number of nitrogens with zero attached hydrogens (tertiary/aromatic N) is 4. The first-order valence-corrected chi connectivity index (χ1v) is 15.5. The summed E-state index contributed by atoms with van der Waals surface area (Å²) in [6.45, 7) is 2.61. The molecule has 0 saturated carbocycles. The molecule has 3 aromatic carbocycles. The Morgan fingerprint density at radius 1 is 1.00 bits per heavy atom. The van der Waals surface area contributed by atoms with Crippen molar-refractivity contribution in [2.45, 2.75) is 51.3 Å². The second-order valence-corrected chi connectivity index (χ2v) is 11.9. The van der Waals surface area contributed by atoms with Gasteiger partial charge in [-0.05, 0) is 60.6 Å². The van der Waals surface area contributed by atoms with Gasteiger partial charge in [-0.3, -0.25) is 0 Å². The fourth-order valence-corrected chi connectivity index (χ4v) is 6.93. The van der Waals surface area contributed by atoms with Gasteiger partial charge in [-0.2, -0.15) is 0 Å². The van der Waals surface area contributed by atoms with Crippen molar-refractivity contribution in [1.29, 1.82) is 0 Å². The van der Waals surface area contributed by atoms with Crippen LogP contribution in [0, 0.1) is 11.8 Å². The number of aromatic nitrogens is 3. The quantitative estimate of drug-likeness (QED) is 0.223. The van der Waals surface area contributed by atoms with Gasteiger partial charge in [0.15, 0.2) is 0 Å². The number of fused-ring (bicyclic) bond motifs is 4. The molecule has 224 valence electrons. The van der Waals surface area contributed by atoms with E-state index in [0.29, 0.717) is 24.2 Å². The number of aryl methyl sites for hydroxylation is 2. The van der Waals surface area contributed by atoms with Gasteiger partial charge in [-0.15, -0.1) is 5.10 Å². The molecule has 0 radical (unpaired) electrons. The Morgan fingerprint density at radius 2 is 1.80 bits per heavy atom. The summed E-state index contributed by atoms with van der Waals surface area (Å²) in [5, 5.41) is 12.3. The zero-order chi connectivity index (χ0) is 30.3. The lowest BCUT2D eigenvalue weighted by molar-refractivity contribution is 0.0967. The van der Waals surface area contributed by atoms with Crippen LogP contribution in [0.15, 0.2) is 76.1 Å². The second-order valence-electron chi connectivity index (χ2n) is 11.9. The molecule has 0 spiro atoms. The van der Waals surface area contributed by atoms with Crippen LogP contribution in [0.5, 0.6) is 0 Å². The molecule has 0 fully saturated rings. The summed E-state index contributed by atoms with van der Waals surface area (Å²) in [5.74, 6) is 6.48. The molecule has 8 rings (SSSR count). The molecule has 9 nitrogen and oxygen atoms in total. The number of ether oxygens (including phenoxy) is 1. The van der Waals surface area contributed by atoms with Crippen molar-refractivity contribution >= 4 is 22.7 Å². The maximum atomic E-state index is 13.0. The fraction of sp³-hybridized carbons (Fsp3) is 0.278. The van der Waals surface area contributed by atoms with E-state index in [0.717, 1.165) is 77.5 Å². The molecule has 5 aromatic rings. The van der Waals surface area contributed by atoms with E-state index in [1.807, 2.05) is 48.5 Å². The number of nitrogens with one attached hydrogen (secondary N) is 1. The predicted molar refractivity (Wildman–Crippen MR) is 169 cm³/mol. The van der Waals surface area contributed by atoms with Crippen LogP contribution in [0.3, 0.4) is 0 Å². The molecule has 1 atom stereocenters. The molecule has 45 heavy (non-hydrogen) atoms. The maximum Gasteiger partial charge on any atom is 0.408 e. The fourth-order valence-electron chi connectivity index (χ4n) is 6.93. The topological polar surface area (TPSA) is 102 Å². The highest BCUT2D eigenvalue weighted by molar-refractivity contribution is 5.90. The number of rotatable bonds is 5. The van der Waals surface area contributed by atoms with Crippen molar-refractivity contribution in [1.82, 2.24) is 20.3 Å². The molecule has 2 aliphatic heterocycles. The lowest BCUT2D eigenvalue weighted by Gasteiger charge is -2.37. The molecule has 9 heteroatoms. The second kappa shape index (κ2) is 11.3. The lowest BCUT2D eigenvalue weighted by Crippen LogP contribution is -2.34. The first-order chi connectivity index (χ1) is 22.1. The van der Waals surface area contributed by atoms with Crippen LogP contribution < -0.4 is 15.8 Å². The third-order valence-corrected chi connectivity index (χ3v) is 8.96. The highest BCUT2D eigenvalue weighted by Crippen LogP contribution is 2.40. The van der Waals surface area contributed by atoms with Gasteiger partial charge in [0.25, 0.3) is 0 Å². The van der Waals surface area contributed by atoms with Crippen molar-refractivity contribution < 1.29 is 13.9 Å². The highest BCUT2D eigenvalue weighted by atomic mass is 16.6. The molecular formula is C36H31N5O4. The summed E-state index contributed by atoms with van der Waals surface area (Å²) in [7, 11) is 0. The average molecular weight is 598 g/mol. The summed E-state index contributed by atoms with van der Waals surface area (Å²) in [6, 6.07) is 19.4. The van der Waals surface area contributed by atoms with Crippen molar-refractivity contribution in [2.24, 2.45) is 0 Å². The third-order valence-electron chi connectivity index (χ3n) is 8.96. The highest BCUT2D eigenvalue weighted by Gasteiger charge is 2.28. The molecule has 3 aliphatic rings. The predicted octanol–water partition coefficient (Wildman–Crippen LogP) is 5.06. The van der Waals surface area contributed by atoms with E-state index >= 15 is 0 Å². The summed E-state index contributed by atoms with van der Waals surface area (Å²) in [4.78, 5) is 28.1. The van der Waals surface area contributed by atoms with Gasteiger partial charge < -0.3 is 19.4 Å². The number of alkyl carbamates (subject to hydrolysis) is 1. The van der Waals surface area contributed by atoms with Crippen LogP contribution in [0.4, 0.5) is 10.5 Å². The van der Waals surface area contributed by atoms with Crippen molar-refractivity contribution in [2.75, 3.05) is 18.0 Å². The Bertz CT molecular complexity index is 2080. The molecule has 2 aromatic heterocycles. The molecule has 0 saturated heterocycles. The zero-order valence-electron chi connectivity index (χ0n) is 24.7. The Kier molecular flexibility index (Phi) is 6.82. The Balaban J connectivity index is 0.988. The number of anilines is 1. The van der Waals surface area contributed by atoms with Gasteiger partial charge in [-0.25, -0.2) is 14.3 Å². The van der Waals surface area contributed by atoms with E-state index in [2.05, 4.69) is 38.4 Å². The molecule has 1 amide bonds. The maximum absolute atomic E-state index is 13.0. The van der Waals surface area contributed by atoms with Crippen LogP contribution in [0.2, 0.25) is 0 Å². The normalized spacial score (nSPS) is 16.4. The molecule has 1 unspecified atom stereocenters. The van der Waals surface area contributed by atoms with Gasteiger partial charge in [0.1, 0.15) is 17.4 Å². The summed E-state index contributed by atoms with van der Waals surface area (Å²) >= 11 is 0. The van der Waals surface area contributed by atoms with Crippen LogP contribution in [-0.4, -0.2) is 34.2 Å². The first-order valence-electron chi connectivity index (χ1n) is 15.5. The molecule has 1 aliphatic carbocycles. The summed E-state index contributed by atoms with van der Waals surface area (Å²) < 4.78 is 13.4. The number of hydrogen-bond donors (Lipinski definition) is 1. The zero-order valence-corrected chi connectivity index (χ0v) is 24.7. The third kappa shape index (κ3) is 5.22. The van der Waals surface area contributed by atoms with Crippen LogP contribution >= 0.6 is 0 Å². The van der Waals surface area contributed by atoms with Gasteiger partial charge in [-0.1, -0.05) is 53.5 Å². The molecule has 0 bridgehead atoms. The number of amides is 1. The SMILES string of the molecule is O=C(NCc1cn(Cc2cc(=O)oc3c4c5c(cc23)CCCN5CCC4)nn1)OC1Cc2ccccc2C#Cc2ccccc21. The average Bonchev–Trinajstić information content (AvgIpc) is 3.50. The van der Waals surface area contributed by atoms with E-state index in [9.17, 15) is 9.59 Å². The number of carbonyl (C=O) groups is 1. The Labute approximate surface area is 259 Å². The smallest absolute Gasteiger partial charge is 0.408 e. The van der Waals surface area contributed by atoms with Crippen molar-refractivity contribution in [3.8, 4) is 11.8 Å². The van der Waals surface area contributed by atoms with Gasteiger partial charge in [0.2, 0.25) is 0 Å². The summed E-state index contributed by atoms with van der Waals surface area (Å²) in [5.41, 5.74) is 9.18. The van der Waals surface area contributed by atoms with E-state index in [-0.39, 0.29) is 12.2 Å². The van der Waals surface area contributed by atoms with E-state index in [1.165, 1.54) is 11.3 Å². The minimum atomic E-state index is -0.546. The minimum absolute atomic E-state index is 0.148. The molecular weight excluding hydrogens is 566 g/mol. The van der Waals surface area contributed by atoms with Crippen molar-refractivity contribution in [3.63, 3.8) is 0 Å². The van der Waals surface area contributed by atoms with Crippen LogP contribution in [0.1, 0.15) is 63.6 Å². The standard InChI is InChI=1S/C36H31N5O4/c42-33-19-27(31-17-26-10-5-15-40-16-6-12-30(34(26)40)35(31)45-33)21-41-22-28(38-39-41)20-37-36(43)44-32-18-25-9-2-1-7-23(25)13-14-24-8-3-4-11-29(24)32/h1-4,7-9,11,17,19,22,32H,5-6,10,12,15-16,18,20-21H2,(H,37,43). The number of carbonyl (C=O) groups excluding carboxylic acids is 1. The number of hydrogen-bond acceptors (Lipinski definition) is 7. The minimum Gasteiger partial charge on any atom is -0.441 e. The van der Waals surface area contributed by atoms with E-state index in [4.69, 9.17) is 9.15 Å². The van der Waals surface area contributed by atoms with Crippen LogP contribution in [0.25, 0.3) is 11.0 Å². The van der Waals surface area contributed by atoms with E-state index < -0.39 is 12.2 Å². The largest absolute Gasteiger partial charge is 0.441 e. The summed E-state index contributed by atoms with van der Waals surface area (Å²) in [6.07, 6.45) is 5.37. The molecule has 4 heterocycles. The first kappa shape index (κ1) is 27.2. The van der Waals surface area contributed by atoms with Gasteiger partial charge in [0.05, 0.1) is 19.3 Å². The monoisotopic (exact) mass is 597 g/mol. The van der Waals surface area contributed by atoms with Crippen LogP contribution in [-0.2, 0) is 37.1 Å². The van der Waals surface area contributed by atoms with Gasteiger partial charge in [0, 0.05) is 58.9 Å². The Hall–Kier alpha value is -5.36. The Morgan fingerprint density at radius 3 is 2.71 bits per heavy atom.